The SMILES string of the molecule is COC(=S)P(=O)([O-])SC. The summed E-state index contributed by atoms with van der Waals surface area (Å²) in [6.07, 6.45) is 1.44. The van der Waals surface area contributed by atoms with Crippen LogP contribution < -0.4 is 4.89 Å². The number of thiocarbonyl (C=S) groups is 1. The molecule has 6 heteroatoms. The molecule has 0 fully saturated rings. The third-order valence-corrected chi connectivity index (χ3v) is 4.92. The molecular weight excluding hydrogens is 179 g/mol. The van der Waals surface area contributed by atoms with E-state index in [-0.39, 0.29) is 4.79 Å². The largest absolute Gasteiger partial charge is 0.785 e. The smallest absolute Gasteiger partial charge is 0.215 e. The van der Waals surface area contributed by atoms with Crippen LogP contribution in [0.3, 0.4) is 0 Å². The number of rotatable bonds is 2. The van der Waals surface area contributed by atoms with Crippen LogP contribution in [0.5, 0.6) is 0 Å². The lowest BCUT2D eigenvalue weighted by molar-refractivity contribution is -0.163. The lowest BCUT2D eigenvalue weighted by Crippen LogP contribution is -2.07. The molecule has 0 aliphatic carbocycles. The Labute approximate surface area is 63.0 Å². The summed E-state index contributed by atoms with van der Waals surface area (Å²) < 4.78 is 15.0. The van der Waals surface area contributed by atoms with Gasteiger partial charge in [-0.05, 0) is 18.5 Å². The van der Waals surface area contributed by atoms with Crippen molar-refractivity contribution >= 4 is 35.0 Å². The molecule has 0 bridgehead atoms. The standard InChI is InChI=1S/C3H7O3PS2/c1-6-3(8)7(4,5)9-2/h1-2H3,(H,4,5)/p-1. The van der Waals surface area contributed by atoms with E-state index in [1.807, 2.05) is 0 Å². The van der Waals surface area contributed by atoms with Crippen LogP contribution >= 0.6 is 30.2 Å². The summed E-state index contributed by atoms with van der Waals surface area (Å²) in [6.45, 7) is -3.59. The Hall–Kier alpha value is 0.430. The van der Waals surface area contributed by atoms with Crippen LogP contribution in [-0.4, -0.2) is 18.2 Å². The Morgan fingerprint density at radius 3 is 2.44 bits per heavy atom. The molecule has 0 saturated heterocycles. The molecule has 0 aromatic rings. The van der Waals surface area contributed by atoms with Crippen molar-refractivity contribution in [3.05, 3.63) is 0 Å². The van der Waals surface area contributed by atoms with Crippen LogP contribution in [-0.2, 0) is 9.30 Å². The van der Waals surface area contributed by atoms with Crippen molar-refractivity contribution in [1.82, 2.24) is 0 Å². The number of ether oxygens (including phenoxy) is 1. The fraction of sp³-hybridized carbons (Fsp3) is 0.667. The third-order valence-electron chi connectivity index (χ3n) is 0.639. The minimum Gasteiger partial charge on any atom is -0.785 e. The molecule has 0 amide bonds. The summed E-state index contributed by atoms with van der Waals surface area (Å²) in [6, 6.07) is 0. The molecule has 0 N–H and O–H groups in total. The summed E-state index contributed by atoms with van der Waals surface area (Å²) in [4.78, 5) is 10.3. The van der Waals surface area contributed by atoms with Gasteiger partial charge < -0.3 is 14.2 Å². The zero-order valence-corrected chi connectivity index (χ0v) is 7.52. The maximum absolute atomic E-state index is 10.7. The number of hydrogen-bond acceptors (Lipinski definition) is 5. The van der Waals surface area contributed by atoms with Gasteiger partial charge in [0, 0.05) is 0 Å². The second-order valence-electron chi connectivity index (χ2n) is 1.15. The molecule has 0 heterocycles. The highest BCUT2D eigenvalue weighted by Gasteiger charge is 2.11. The maximum atomic E-state index is 10.7. The number of hydrogen-bond donors (Lipinski definition) is 0. The predicted octanol–water partition coefficient (Wildman–Crippen LogP) is 0.834. The molecule has 0 aliphatic rings. The zero-order chi connectivity index (χ0) is 7.49. The Kier molecular flexibility index (Phi) is 3.73. The minimum absolute atomic E-state index is 0.338. The van der Waals surface area contributed by atoms with Crippen molar-refractivity contribution in [1.29, 1.82) is 0 Å². The second-order valence-corrected chi connectivity index (χ2v) is 6.13. The van der Waals surface area contributed by atoms with E-state index in [0.29, 0.717) is 11.4 Å². The van der Waals surface area contributed by atoms with Crippen LogP contribution in [0, 0.1) is 0 Å². The molecule has 0 aromatic heterocycles. The Morgan fingerprint density at radius 1 is 1.89 bits per heavy atom. The summed E-state index contributed by atoms with van der Waals surface area (Å²) in [5, 5.41) is 0. The molecule has 0 aliphatic heterocycles. The van der Waals surface area contributed by atoms with E-state index >= 15 is 0 Å². The first-order valence-corrected chi connectivity index (χ1v) is 5.86. The number of methoxy groups -OCH3 is 1. The average molecular weight is 185 g/mol. The van der Waals surface area contributed by atoms with E-state index in [1.165, 1.54) is 13.4 Å². The highest BCUT2D eigenvalue weighted by Crippen LogP contribution is 2.50. The molecule has 1 unspecified atom stereocenters. The third kappa shape index (κ3) is 2.67. The van der Waals surface area contributed by atoms with Gasteiger partial charge in [-0.3, -0.25) is 0 Å². The van der Waals surface area contributed by atoms with E-state index in [0.717, 1.165) is 0 Å². The van der Waals surface area contributed by atoms with Crippen molar-refractivity contribution in [3.63, 3.8) is 0 Å². The van der Waals surface area contributed by atoms with Crippen LogP contribution in [0.15, 0.2) is 0 Å². The Bertz CT molecular complexity index is 157. The topological polar surface area (TPSA) is 49.4 Å². The van der Waals surface area contributed by atoms with Crippen LogP contribution in [0.4, 0.5) is 0 Å². The van der Waals surface area contributed by atoms with Crippen molar-refractivity contribution in [2.24, 2.45) is 0 Å². The van der Waals surface area contributed by atoms with Crippen LogP contribution in [0.1, 0.15) is 0 Å². The van der Waals surface area contributed by atoms with Gasteiger partial charge in [-0.1, -0.05) is 0 Å². The van der Waals surface area contributed by atoms with Crippen molar-refractivity contribution in [2.75, 3.05) is 13.4 Å². The fourth-order valence-corrected chi connectivity index (χ4v) is 1.90. The monoisotopic (exact) mass is 185 g/mol. The molecular formula is C3H6O3PS2-. The summed E-state index contributed by atoms with van der Waals surface area (Å²) in [5.41, 5.74) is 0. The first kappa shape index (κ1) is 9.43. The van der Waals surface area contributed by atoms with E-state index in [2.05, 4.69) is 17.0 Å². The van der Waals surface area contributed by atoms with Crippen LogP contribution in [0.25, 0.3) is 0 Å². The average Bonchev–Trinajstić information content (AvgIpc) is 1.86. The lowest BCUT2D eigenvalue weighted by atomic mass is 11.5. The van der Waals surface area contributed by atoms with E-state index in [4.69, 9.17) is 0 Å². The molecule has 0 spiro atoms. The lowest BCUT2D eigenvalue weighted by Gasteiger charge is -2.18. The highest BCUT2D eigenvalue weighted by molar-refractivity contribution is 8.61. The van der Waals surface area contributed by atoms with Crippen molar-refractivity contribution in [2.45, 2.75) is 0 Å². The van der Waals surface area contributed by atoms with Gasteiger partial charge in [-0.15, -0.1) is 11.4 Å². The van der Waals surface area contributed by atoms with Gasteiger partial charge in [0.1, 0.15) is 6.57 Å². The van der Waals surface area contributed by atoms with E-state index in [1.54, 1.807) is 0 Å². The molecule has 54 valence electrons. The van der Waals surface area contributed by atoms with Gasteiger partial charge in [0.25, 0.3) is 0 Å². The van der Waals surface area contributed by atoms with E-state index < -0.39 is 6.57 Å². The fourth-order valence-electron chi connectivity index (χ4n) is 0.186. The van der Waals surface area contributed by atoms with Gasteiger partial charge in [0.15, 0.2) is 0 Å². The first-order valence-electron chi connectivity index (χ1n) is 2.00. The molecule has 3 nitrogen and oxygen atoms in total. The highest BCUT2D eigenvalue weighted by atomic mass is 32.7. The maximum Gasteiger partial charge on any atom is 0.215 e. The van der Waals surface area contributed by atoms with Gasteiger partial charge in [-0.25, -0.2) is 0 Å². The summed E-state index contributed by atoms with van der Waals surface area (Å²) in [7, 11) is 1.24. The Balaban J connectivity index is 4.16. The molecule has 1 atom stereocenters. The summed E-state index contributed by atoms with van der Waals surface area (Å²) in [5.74, 6) is 0. The minimum atomic E-state index is -3.59. The van der Waals surface area contributed by atoms with Crippen molar-refractivity contribution < 1.29 is 14.2 Å². The Morgan fingerprint density at radius 2 is 2.33 bits per heavy atom. The van der Waals surface area contributed by atoms with Gasteiger partial charge in [0.05, 0.1) is 7.11 Å². The molecule has 0 rings (SSSR count). The quantitative estimate of drug-likeness (QED) is 0.471. The summed E-state index contributed by atoms with van der Waals surface area (Å²) >= 11 is 5.07. The molecule has 0 aromatic carbocycles. The first-order chi connectivity index (χ1) is 4.04. The predicted molar refractivity (Wildman–Crippen MR) is 40.7 cm³/mol. The van der Waals surface area contributed by atoms with E-state index in [9.17, 15) is 9.46 Å². The second kappa shape index (κ2) is 3.56. The molecule has 9 heavy (non-hydrogen) atoms. The van der Waals surface area contributed by atoms with Crippen molar-refractivity contribution in [3.8, 4) is 0 Å². The van der Waals surface area contributed by atoms with Crippen LogP contribution in [0.2, 0.25) is 0 Å². The van der Waals surface area contributed by atoms with Gasteiger partial charge in [0.2, 0.25) is 4.79 Å². The zero-order valence-electron chi connectivity index (χ0n) is 4.99. The molecule has 0 radical (unpaired) electrons. The van der Waals surface area contributed by atoms with Gasteiger partial charge in [-0.2, -0.15) is 0 Å². The molecule has 0 saturated carbocycles. The normalized spacial score (nSPS) is 16.3. The van der Waals surface area contributed by atoms with Gasteiger partial charge >= 0.3 is 0 Å².